The lowest BCUT2D eigenvalue weighted by atomic mass is 10.1. The maximum absolute atomic E-state index is 11.7. The number of hydrogen-bond donors (Lipinski definition) is 2. The van der Waals surface area contributed by atoms with E-state index < -0.39 is 29.7 Å². The minimum atomic E-state index is -1.28. The van der Waals surface area contributed by atoms with Crippen molar-refractivity contribution in [2.75, 3.05) is 7.11 Å². The number of nitrogens with one attached hydrogen (secondary N) is 1. The van der Waals surface area contributed by atoms with Gasteiger partial charge in [-0.3, -0.25) is 0 Å². The van der Waals surface area contributed by atoms with Crippen LogP contribution >= 0.6 is 0 Å². The van der Waals surface area contributed by atoms with Crippen molar-refractivity contribution < 1.29 is 29.0 Å². The standard InChI is InChI=1S/C15H19NO6/c1-15(2,3)22-14(20)16-11(12(17)18)9-5-7-10(8-6-9)13(19)21-4/h5-8,11H,1-4H3,(H,16,20)(H,17,18)/t11-/m0/s1. The molecular formula is C15H19NO6. The normalized spacial score (nSPS) is 12.2. The van der Waals surface area contributed by atoms with E-state index in [0.717, 1.165) is 0 Å². The molecule has 1 aromatic carbocycles. The second-order valence-electron chi connectivity index (χ2n) is 5.53. The van der Waals surface area contributed by atoms with E-state index in [1.165, 1.54) is 31.4 Å². The summed E-state index contributed by atoms with van der Waals surface area (Å²) in [7, 11) is 1.25. The zero-order valence-corrected chi connectivity index (χ0v) is 12.9. The SMILES string of the molecule is COC(=O)c1ccc([C@H](NC(=O)OC(C)(C)C)C(=O)O)cc1. The van der Waals surface area contributed by atoms with Crippen LogP contribution in [0.3, 0.4) is 0 Å². The molecule has 0 saturated carbocycles. The van der Waals surface area contributed by atoms with Crippen LogP contribution in [0.1, 0.15) is 42.7 Å². The Morgan fingerprint density at radius 1 is 1.14 bits per heavy atom. The zero-order chi connectivity index (χ0) is 16.9. The van der Waals surface area contributed by atoms with Crippen LogP contribution in [0.4, 0.5) is 4.79 Å². The predicted molar refractivity (Wildman–Crippen MR) is 77.5 cm³/mol. The molecule has 7 heteroatoms. The minimum absolute atomic E-state index is 0.285. The van der Waals surface area contributed by atoms with Crippen molar-refractivity contribution in [3.8, 4) is 0 Å². The Labute approximate surface area is 128 Å². The number of rotatable bonds is 4. The number of carboxylic acids is 1. The molecule has 0 radical (unpaired) electrons. The van der Waals surface area contributed by atoms with Gasteiger partial charge in [0.1, 0.15) is 5.60 Å². The van der Waals surface area contributed by atoms with Gasteiger partial charge in [0, 0.05) is 0 Å². The van der Waals surface area contributed by atoms with Gasteiger partial charge in [-0.25, -0.2) is 14.4 Å². The van der Waals surface area contributed by atoms with E-state index in [1.807, 2.05) is 0 Å². The average molecular weight is 309 g/mol. The Morgan fingerprint density at radius 3 is 2.09 bits per heavy atom. The number of carbonyl (C=O) groups excluding carboxylic acids is 2. The number of esters is 1. The molecule has 0 bridgehead atoms. The molecular weight excluding hydrogens is 290 g/mol. The molecule has 0 aliphatic rings. The van der Waals surface area contributed by atoms with Crippen LogP contribution in [0, 0.1) is 0 Å². The van der Waals surface area contributed by atoms with Crippen molar-refractivity contribution in [3.05, 3.63) is 35.4 Å². The summed E-state index contributed by atoms with van der Waals surface area (Å²) in [6.07, 6.45) is -0.836. The van der Waals surface area contributed by atoms with Crippen LogP contribution in [-0.4, -0.2) is 35.8 Å². The monoisotopic (exact) mass is 309 g/mol. The Kier molecular flexibility index (Phi) is 5.50. The third-order valence-electron chi connectivity index (χ3n) is 2.57. The largest absolute Gasteiger partial charge is 0.479 e. The molecule has 2 N–H and O–H groups in total. The number of aliphatic carboxylic acids is 1. The second kappa shape index (κ2) is 6.93. The molecule has 1 rings (SSSR count). The van der Waals surface area contributed by atoms with Crippen molar-refractivity contribution in [1.82, 2.24) is 5.32 Å². The molecule has 1 amide bonds. The quantitative estimate of drug-likeness (QED) is 0.826. The molecule has 7 nitrogen and oxygen atoms in total. The van der Waals surface area contributed by atoms with Gasteiger partial charge in [-0.1, -0.05) is 12.1 Å². The van der Waals surface area contributed by atoms with E-state index in [0.29, 0.717) is 5.56 Å². The van der Waals surface area contributed by atoms with E-state index in [-0.39, 0.29) is 5.56 Å². The van der Waals surface area contributed by atoms with Crippen molar-refractivity contribution in [2.24, 2.45) is 0 Å². The topological polar surface area (TPSA) is 102 Å². The lowest BCUT2D eigenvalue weighted by Gasteiger charge is -2.22. The van der Waals surface area contributed by atoms with E-state index in [1.54, 1.807) is 20.8 Å². The summed E-state index contributed by atoms with van der Waals surface area (Å²) in [5.41, 5.74) is -0.138. The summed E-state index contributed by atoms with van der Waals surface area (Å²) >= 11 is 0. The van der Waals surface area contributed by atoms with Crippen LogP contribution in [0.15, 0.2) is 24.3 Å². The predicted octanol–water partition coefficient (Wildman–Crippen LogP) is 2.12. The molecule has 1 aromatic rings. The number of methoxy groups -OCH3 is 1. The van der Waals surface area contributed by atoms with Gasteiger partial charge in [-0.05, 0) is 38.5 Å². The lowest BCUT2D eigenvalue weighted by Crippen LogP contribution is -2.38. The number of amides is 1. The number of carboxylic acid groups (broad SMARTS) is 1. The van der Waals surface area contributed by atoms with E-state index in [4.69, 9.17) is 4.74 Å². The molecule has 1 atom stereocenters. The fraction of sp³-hybridized carbons (Fsp3) is 0.400. The van der Waals surface area contributed by atoms with Gasteiger partial charge in [0.2, 0.25) is 0 Å². The van der Waals surface area contributed by atoms with Crippen LogP contribution in [0.5, 0.6) is 0 Å². The summed E-state index contributed by atoms with van der Waals surface area (Å²) in [5.74, 6) is -1.77. The highest BCUT2D eigenvalue weighted by atomic mass is 16.6. The number of hydrogen-bond acceptors (Lipinski definition) is 5. The van der Waals surface area contributed by atoms with Crippen molar-refractivity contribution in [2.45, 2.75) is 32.4 Å². The van der Waals surface area contributed by atoms with Crippen LogP contribution < -0.4 is 5.32 Å². The molecule has 0 spiro atoms. The maximum Gasteiger partial charge on any atom is 0.408 e. The van der Waals surface area contributed by atoms with Crippen molar-refractivity contribution in [1.29, 1.82) is 0 Å². The fourth-order valence-electron chi connectivity index (χ4n) is 1.64. The Morgan fingerprint density at radius 2 is 1.68 bits per heavy atom. The van der Waals surface area contributed by atoms with Gasteiger partial charge in [-0.15, -0.1) is 0 Å². The second-order valence-corrected chi connectivity index (χ2v) is 5.53. The van der Waals surface area contributed by atoms with E-state index in [9.17, 15) is 19.5 Å². The van der Waals surface area contributed by atoms with E-state index >= 15 is 0 Å². The summed E-state index contributed by atoms with van der Waals surface area (Å²) in [4.78, 5) is 34.3. The molecule has 0 aromatic heterocycles. The highest BCUT2D eigenvalue weighted by Crippen LogP contribution is 2.16. The van der Waals surface area contributed by atoms with Crippen LogP contribution in [0.2, 0.25) is 0 Å². The van der Waals surface area contributed by atoms with Gasteiger partial charge in [-0.2, -0.15) is 0 Å². The third-order valence-corrected chi connectivity index (χ3v) is 2.57. The van der Waals surface area contributed by atoms with Gasteiger partial charge in [0.05, 0.1) is 12.7 Å². The summed E-state index contributed by atoms with van der Waals surface area (Å²) in [6.45, 7) is 5.02. The Hall–Kier alpha value is -2.57. The molecule has 0 heterocycles. The number of benzene rings is 1. The fourth-order valence-corrected chi connectivity index (χ4v) is 1.64. The number of alkyl carbamates (subject to hydrolysis) is 1. The molecule has 0 unspecified atom stereocenters. The number of ether oxygens (including phenoxy) is 2. The average Bonchev–Trinajstić information content (AvgIpc) is 2.42. The lowest BCUT2D eigenvalue weighted by molar-refractivity contribution is -0.139. The first kappa shape index (κ1) is 17.5. The van der Waals surface area contributed by atoms with Gasteiger partial charge in [0.15, 0.2) is 6.04 Å². The minimum Gasteiger partial charge on any atom is -0.479 e. The zero-order valence-electron chi connectivity index (χ0n) is 12.9. The molecule has 22 heavy (non-hydrogen) atoms. The molecule has 0 aliphatic carbocycles. The van der Waals surface area contributed by atoms with Gasteiger partial charge in [0.25, 0.3) is 0 Å². The van der Waals surface area contributed by atoms with Crippen molar-refractivity contribution in [3.63, 3.8) is 0 Å². The van der Waals surface area contributed by atoms with Crippen LogP contribution in [-0.2, 0) is 14.3 Å². The number of carbonyl (C=O) groups is 3. The Bertz CT molecular complexity index is 558. The summed E-state index contributed by atoms with van der Waals surface area (Å²) in [5, 5.41) is 11.5. The highest BCUT2D eigenvalue weighted by molar-refractivity contribution is 5.89. The van der Waals surface area contributed by atoms with E-state index in [2.05, 4.69) is 10.1 Å². The first-order valence-corrected chi connectivity index (χ1v) is 6.54. The summed E-state index contributed by atoms with van der Waals surface area (Å²) < 4.78 is 9.59. The van der Waals surface area contributed by atoms with Gasteiger partial charge >= 0.3 is 18.0 Å². The molecule has 0 aliphatic heterocycles. The van der Waals surface area contributed by atoms with Gasteiger partial charge < -0.3 is 19.9 Å². The third kappa shape index (κ3) is 5.08. The van der Waals surface area contributed by atoms with Crippen molar-refractivity contribution >= 4 is 18.0 Å². The first-order valence-electron chi connectivity index (χ1n) is 6.54. The summed E-state index contributed by atoms with van der Waals surface area (Å²) in [6, 6.07) is 4.44. The maximum atomic E-state index is 11.7. The molecule has 0 saturated heterocycles. The molecule has 0 fully saturated rings. The smallest absolute Gasteiger partial charge is 0.408 e. The first-order chi connectivity index (χ1) is 10.1. The molecule has 120 valence electrons. The Balaban J connectivity index is 2.90. The highest BCUT2D eigenvalue weighted by Gasteiger charge is 2.25. The van der Waals surface area contributed by atoms with Crippen LogP contribution in [0.25, 0.3) is 0 Å².